The third-order valence-corrected chi connectivity index (χ3v) is 3.27. The first-order chi connectivity index (χ1) is 11.1. The van der Waals surface area contributed by atoms with Crippen molar-refractivity contribution < 1.29 is 23.5 Å². The Morgan fingerprint density at radius 2 is 1.96 bits per heavy atom. The Hall–Kier alpha value is -3.35. The molecule has 2 aromatic rings. The van der Waals surface area contributed by atoms with Crippen LogP contribution in [0.1, 0.15) is 16.1 Å². The lowest BCUT2D eigenvalue weighted by Gasteiger charge is -2.14. The summed E-state index contributed by atoms with van der Waals surface area (Å²) in [6, 6.07) is 9.40. The fourth-order valence-corrected chi connectivity index (χ4v) is 2.12. The van der Waals surface area contributed by atoms with Gasteiger partial charge in [0.25, 0.3) is 11.8 Å². The van der Waals surface area contributed by atoms with E-state index in [0.717, 1.165) is 5.01 Å². The standard InChI is InChI=1S/C16H12N2O5/c1-22-16(21)10-4-6-11(7-5-10)18-15(20)13(14(19)17-18)9-12-3-2-8-23-12/h2-9H,1H3,(H,17,19). The fourth-order valence-electron chi connectivity index (χ4n) is 2.12. The lowest BCUT2D eigenvalue weighted by atomic mass is 10.2. The van der Waals surface area contributed by atoms with Crippen LogP contribution < -0.4 is 10.4 Å². The Morgan fingerprint density at radius 1 is 1.22 bits per heavy atom. The van der Waals surface area contributed by atoms with Crippen molar-refractivity contribution >= 4 is 29.5 Å². The molecule has 0 radical (unpaired) electrons. The molecule has 1 fully saturated rings. The second kappa shape index (κ2) is 5.80. The zero-order valence-electron chi connectivity index (χ0n) is 12.1. The number of nitrogens with zero attached hydrogens (tertiary/aromatic N) is 1. The van der Waals surface area contributed by atoms with Crippen molar-refractivity contribution in [3.05, 3.63) is 59.6 Å². The summed E-state index contributed by atoms with van der Waals surface area (Å²) in [4.78, 5) is 35.7. The van der Waals surface area contributed by atoms with Crippen LogP contribution in [0.4, 0.5) is 5.69 Å². The zero-order chi connectivity index (χ0) is 16.4. The topological polar surface area (TPSA) is 88.8 Å². The Kier molecular flexibility index (Phi) is 3.68. The SMILES string of the molecule is COC(=O)c1ccc(N2NC(=O)C(=Cc3ccco3)C2=O)cc1. The van der Waals surface area contributed by atoms with Gasteiger partial charge in [-0.2, -0.15) is 0 Å². The Morgan fingerprint density at radius 3 is 2.57 bits per heavy atom. The molecule has 23 heavy (non-hydrogen) atoms. The molecule has 7 nitrogen and oxygen atoms in total. The number of carbonyl (C=O) groups excluding carboxylic acids is 3. The van der Waals surface area contributed by atoms with Crippen molar-refractivity contribution in [2.45, 2.75) is 0 Å². The second-order valence-electron chi connectivity index (χ2n) is 4.69. The maximum atomic E-state index is 12.4. The number of hydrogen-bond donors (Lipinski definition) is 1. The summed E-state index contributed by atoms with van der Waals surface area (Å²) in [5.74, 6) is -1.10. The largest absolute Gasteiger partial charge is 0.465 e. The van der Waals surface area contributed by atoms with Crippen molar-refractivity contribution in [3.63, 3.8) is 0 Å². The highest BCUT2D eigenvalue weighted by Gasteiger charge is 2.34. The van der Waals surface area contributed by atoms with Gasteiger partial charge in [-0.1, -0.05) is 0 Å². The maximum Gasteiger partial charge on any atom is 0.337 e. The van der Waals surface area contributed by atoms with Crippen molar-refractivity contribution in [2.24, 2.45) is 0 Å². The van der Waals surface area contributed by atoms with E-state index in [2.05, 4.69) is 10.2 Å². The van der Waals surface area contributed by atoms with Gasteiger partial charge in [0, 0.05) is 0 Å². The molecule has 0 spiro atoms. The first-order valence-electron chi connectivity index (χ1n) is 6.69. The smallest absolute Gasteiger partial charge is 0.337 e. The number of carbonyl (C=O) groups is 3. The number of rotatable bonds is 3. The summed E-state index contributed by atoms with van der Waals surface area (Å²) in [5.41, 5.74) is 3.21. The van der Waals surface area contributed by atoms with Gasteiger partial charge < -0.3 is 9.15 Å². The number of hydrazine groups is 1. The van der Waals surface area contributed by atoms with Crippen molar-refractivity contribution in [1.29, 1.82) is 0 Å². The summed E-state index contributed by atoms with van der Waals surface area (Å²) in [6.45, 7) is 0. The van der Waals surface area contributed by atoms with Crippen LogP contribution >= 0.6 is 0 Å². The van der Waals surface area contributed by atoms with E-state index in [1.165, 1.54) is 31.6 Å². The molecule has 0 atom stereocenters. The quantitative estimate of drug-likeness (QED) is 0.527. The van der Waals surface area contributed by atoms with Crippen LogP contribution in [0.3, 0.4) is 0 Å². The van der Waals surface area contributed by atoms with Gasteiger partial charge in [-0.05, 0) is 42.5 Å². The third kappa shape index (κ3) is 2.71. The van der Waals surface area contributed by atoms with Gasteiger partial charge in [-0.3, -0.25) is 15.0 Å². The molecule has 0 unspecified atom stereocenters. The molecule has 2 amide bonds. The van der Waals surface area contributed by atoms with E-state index in [1.807, 2.05) is 0 Å². The van der Waals surface area contributed by atoms with Crippen LogP contribution in [0, 0.1) is 0 Å². The third-order valence-electron chi connectivity index (χ3n) is 3.27. The predicted octanol–water partition coefficient (Wildman–Crippen LogP) is 1.53. The monoisotopic (exact) mass is 312 g/mol. The molecular weight excluding hydrogens is 300 g/mol. The minimum Gasteiger partial charge on any atom is -0.465 e. The molecule has 1 N–H and O–H groups in total. The number of benzene rings is 1. The average Bonchev–Trinajstić information content (AvgIpc) is 3.18. The normalized spacial score (nSPS) is 15.9. The van der Waals surface area contributed by atoms with E-state index in [9.17, 15) is 14.4 Å². The molecule has 1 aliphatic heterocycles. The first-order valence-corrected chi connectivity index (χ1v) is 6.69. The maximum absolute atomic E-state index is 12.4. The number of nitrogens with one attached hydrogen (secondary N) is 1. The number of furan rings is 1. The lowest BCUT2D eigenvalue weighted by Crippen LogP contribution is -2.35. The van der Waals surface area contributed by atoms with Crippen LogP contribution in [0.2, 0.25) is 0 Å². The van der Waals surface area contributed by atoms with Crippen LogP contribution in [0.25, 0.3) is 6.08 Å². The van der Waals surface area contributed by atoms with E-state index in [4.69, 9.17) is 4.42 Å². The first kappa shape index (κ1) is 14.6. The van der Waals surface area contributed by atoms with Crippen LogP contribution in [0.15, 0.2) is 52.7 Å². The predicted molar refractivity (Wildman–Crippen MR) is 80.1 cm³/mol. The molecule has 0 saturated carbocycles. The molecule has 3 rings (SSSR count). The van der Waals surface area contributed by atoms with Crippen LogP contribution in [-0.2, 0) is 14.3 Å². The minimum absolute atomic E-state index is 0.0306. The number of anilines is 1. The molecular formula is C16H12N2O5. The lowest BCUT2D eigenvalue weighted by molar-refractivity contribution is -0.117. The van der Waals surface area contributed by atoms with E-state index in [-0.39, 0.29) is 5.57 Å². The molecule has 0 aliphatic carbocycles. The fraction of sp³-hybridized carbons (Fsp3) is 0.0625. The Labute approximate surface area is 131 Å². The Balaban J connectivity index is 1.86. The van der Waals surface area contributed by atoms with Crippen molar-refractivity contribution in [3.8, 4) is 0 Å². The molecule has 7 heteroatoms. The van der Waals surface area contributed by atoms with Gasteiger partial charge in [0.05, 0.1) is 24.6 Å². The zero-order valence-corrected chi connectivity index (χ0v) is 12.1. The molecule has 0 bridgehead atoms. The molecule has 1 aromatic heterocycles. The average molecular weight is 312 g/mol. The highest BCUT2D eigenvalue weighted by atomic mass is 16.5. The molecule has 2 heterocycles. The van der Waals surface area contributed by atoms with E-state index in [1.54, 1.807) is 24.3 Å². The van der Waals surface area contributed by atoms with Gasteiger partial charge >= 0.3 is 5.97 Å². The molecule has 1 aliphatic rings. The van der Waals surface area contributed by atoms with Gasteiger partial charge in [0.1, 0.15) is 11.3 Å². The summed E-state index contributed by atoms with van der Waals surface area (Å²) in [5, 5.41) is 1.11. The van der Waals surface area contributed by atoms with Gasteiger partial charge in [-0.15, -0.1) is 0 Å². The number of hydrogen-bond acceptors (Lipinski definition) is 5. The summed E-state index contributed by atoms with van der Waals surface area (Å²) in [6.07, 6.45) is 2.83. The number of esters is 1. The van der Waals surface area contributed by atoms with Crippen molar-refractivity contribution in [2.75, 3.05) is 12.1 Å². The minimum atomic E-state index is -0.525. The second-order valence-corrected chi connectivity index (χ2v) is 4.69. The number of amides is 2. The van der Waals surface area contributed by atoms with Gasteiger partial charge in [0.2, 0.25) is 0 Å². The molecule has 1 saturated heterocycles. The van der Waals surface area contributed by atoms with Crippen LogP contribution in [0.5, 0.6) is 0 Å². The van der Waals surface area contributed by atoms with Gasteiger partial charge in [0.15, 0.2) is 0 Å². The molecule has 116 valence electrons. The van der Waals surface area contributed by atoms with E-state index >= 15 is 0 Å². The summed E-state index contributed by atoms with van der Waals surface area (Å²) < 4.78 is 9.72. The van der Waals surface area contributed by atoms with Gasteiger partial charge in [-0.25, -0.2) is 9.80 Å². The number of ether oxygens (including phenoxy) is 1. The molecule has 1 aromatic carbocycles. The number of methoxy groups -OCH3 is 1. The summed E-state index contributed by atoms with van der Waals surface area (Å²) in [7, 11) is 1.28. The highest BCUT2D eigenvalue weighted by Crippen LogP contribution is 2.22. The van der Waals surface area contributed by atoms with Crippen molar-refractivity contribution in [1.82, 2.24) is 5.43 Å². The summed E-state index contributed by atoms with van der Waals surface area (Å²) >= 11 is 0. The highest BCUT2D eigenvalue weighted by molar-refractivity contribution is 6.31. The van der Waals surface area contributed by atoms with E-state index in [0.29, 0.717) is 17.0 Å². The van der Waals surface area contributed by atoms with E-state index < -0.39 is 17.8 Å². The Bertz CT molecular complexity index is 790. The van der Waals surface area contributed by atoms with Crippen LogP contribution in [-0.4, -0.2) is 24.9 Å².